The lowest BCUT2D eigenvalue weighted by molar-refractivity contribution is 0.0883. The second-order valence-electron chi connectivity index (χ2n) is 5.15. The second-order valence-corrected chi connectivity index (χ2v) is 5.15. The molecule has 2 atom stereocenters. The van der Waals surface area contributed by atoms with Gasteiger partial charge in [-0.2, -0.15) is 0 Å². The van der Waals surface area contributed by atoms with Crippen molar-refractivity contribution in [3.8, 4) is 5.75 Å². The highest BCUT2D eigenvalue weighted by molar-refractivity contribution is 5.49. The highest BCUT2D eigenvalue weighted by Crippen LogP contribution is 2.34. The topological polar surface area (TPSA) is 58.7 Å². The molecule has 1 saturated carbocycles. The molecule has 2 unspecified atom stereocenters. The van der Waals surface area contributed by atoms with E-state index in [1.807, 2.05) is 43.3 Å². The third-order valence-corrected chi connectivity index (χ3v) is 3.40. The first-order valence-corrected chi connectivity index (χ1v) is 6.42. The molecule has 0 aromatic heterocycles. The molecule has 0 radical (unpaired) electrons. The van der Waals surface area contributed by atoms with Gasteiger partial charge in [-0.1, -0.05) is 6.07 Å². The summed E-state index contributed by atoms with van der Waals surface area (Å²) in [5.41, 5.74) is 7.16. The van der Waals surface area contributed by atoms with Crippen molar-refractivity contribution in [2.24, 2.45) is 11.7 Å². The number of hydrogen-bond donors (Lipinski definition) is 2. The third kappa shape index (κ3) is 3.15. The van der Waals surface area contributed by atoms with Gasteiger partial charge < -0.3 is 20.5 Å². The lowest BCUT2D eigenvalue weighted by Crippen LogP contribution is -2.43. The Hall–Kier alpha value is -1.26. The van der Waals surface area contributed by atoms with Crippen LogP contribution in [0.2, 0.25) is 0 Å². The summed E-state index contributed by atoms with van der Waals surface area (Å²) in [7, 11) is 3.97. The maximum Gasteiger partial charge on any atom is 0.137 e. The Morgan fingerprint density at radius 1 is 1.44 bits per heavy atom. The van der Waals surface area contributed by atoms with Gasteiger partial charge in [0.15, 0.2) is 0 Å². The molecule has 0 bridgehead atoms. The van der Waals surface area contributed by atoms with Gasteiger partial charge >= 0.3 is 0 Å². The number of anilines is 1. The second kappa shape index (κ2) is 5.59. The Morgan fingerprint density at radius 2 is 2.17 bits per heavy atom. The highest BCUT2D eigenvalue weighted by atomic mass is 16.5. The summed E-state index contributed by atoms with van der Waals surface area (Å²) in [6, 6.07) is 7.75. The van der Waals surface area contributed by atoms with E-state index in [9.17, 15) is 5.11 Å². The molecule has 18 heavy (non-hydrogen) atoms. The summed E-state index contributed by atoms with van der Waals surface area (Å²) in [6.45, 7) is -0.0378. The molecule has 0 heterocycles. The van der Waals surface area contributed by atoms with Crippen LogP contribution in [0.3, 0.4) is 0 Å². The smallest absolute Gasteiger partial charge is 0.137 e. The molecule has 3 N–H and O–H groups in total. The maximum absolute atomic E-state index is 9.40. The molecule has 1 aromatic rings. The molecule has 1 fully saturated rings. The van der Waals surface area contributed by atoms with Crippen molar-refractivity contribution in [1.82, 2.24) is 0 Å². The minimum absolute atomic E-state index is 0.0378. The van der Waals surface area contributed by atoms with Crippen LogP contribution in [0.15, 0.2) is 24.3 Å². The van der Waals surface area contributed by atoms with Crippen LogP contribution >= 0.6 is 0 Å². The minimum atomic E-state index is -0.310. The first kappa shape index (κ1) is 13.2. The van der Waals surface area contributed by atoms with E-state index in [4.69, 9.17) is 10.5 Å². The van der Waals surface area contributed by atoms with Crippen molar-refractivity contribution >= 4 is 5.69 Å². The largest absolute Gasteiger partial charge is 0.486 e. The van der Waals surface area contributed by atoms with E-state index in [1.54, 1.807) is 0 Å². The first-order chi connectivity index (χ1) is 8.61. The molecule has 1 aromatic carbocycles. The van der Waals surface area contributed by atoms with Gasteiger partial charge in [-0.05, 0) is 30.9 Å². The van der Waals surface area contributed by atoms with Crippen LogP contribution < -0.4 is 15.4 Å². The number of benzene rings is 1. The van der Waals surface area contributed by atoms with Gasteiger partial charge in [-0.15, -0.1) is 0 Å². The Bertz CT molecular complexity index is 391. The molecule has 0 aliphatic heterocycles. The molecule has 4 heteroatoms. The van der Waals surface area contributed by atoms with E-state index in [0.717, 1.165) is 24.3 Å². The lowest BCUT2D eigenvalue weighted by Gasteiger charge is -2.24. The first-order valence-electron chi connectivity index (χ1n) is 6.42. The van der Waals surface area contributed by atoms with E-state index in [0.29, 0.717) is 5.92 Å². The van der Waals surface area contributed by atoms with Gasteiger partial charge in [0.1, 0.15) is 11.9 Å². The van der Waals surface area contributed by atoms with E-state index in [1.165, 1.54) is 0 Å². The molecular weight excluding hydrogens is 228 g/mol. The summed E-state index contributed by atoms with van der Waals surface area (Å²) >= 11 is 0. The number of hydrogen-bond acceptors (Lipinski definition) is 4. The van der Waals surface area contributed by atoms with Crippen molar-refractivity contribution in [2.75, 3.05) is 25.6 Å². The zero-order valence-corrected chi connectivity index (χ0v) is 11.0. The van der Waals surface area contributed by atoms with Gasteiger partial charge in [0.05, 0.1) is 6.61 Å². The molecule has 4 nitrogen and oxygen atoms in total. The Labute approximate surface area is 108 Å². The summed E-state index contributed by atoms with van der Waals surface area (Å²) < 4.78 is 5.82. The Kier molecular flexibility index (Phi) is 4.09. The molecule has 100 valence electrons. The maximum atomic E-state index is 9.40. The number of aliphatic hydroxyl groups excluding tert-OH is 1. The Balaban J connectivity index is 2.04. The van der Waals surface area contributed by atoms with Gasteiger partial charge in [0.2, 0.25) is 0 Å². The standard InChI is InChI=1S/C14H22N2O2/c1-16(2)11-4-3-5-12(8-11)18-13(9-17)14(15)10-6-7-10/h3-5,8,10,13-14,17H,6-7,9,15H2,1-2H3. The number of nitrogens with two attached hydrogens (primary N) is 1. The van der Waals surface area contributed by atoms with Crippen LogP contribution in [-0.2, 0) is 0 Å². The van der Waals surface area contributed by atoms with Crippen molar-refractivity contribution in [3.05, 3.63) is 24.3 Å². The molecule has 2 rings (SSSR count). The minimum Gasteiger partial charge on any atom is -0.486 e. The molecule has 1 aliphatic carbocycles. The average molecular weight is 250 g/mol. The molecule has 0 spiro atoms. The van der Waals surface area contributed by atoms with Gasteiger partial charge in [-0.25, -0.2) is 0 Å². The molecule has 1 aliphatic rings. The quantitative estimate of drug-likeness (QED) is 0.797. The van der Waals surface area contributed by atoms with Crippen molar-refractivity contribution in [1.29, 1.82) is 0 Å². The third-order valence-electron chi connectivity index (χ3n) is 3.40. The zero-order valence-electron chi connectivity index (χ0n) is 11.0. The predicted octanol–water partition coefficient (Wildman–Crippen LogP) is 1.23. The van der Waals surface area contributed by atoms with E-state index in [-0.39, 0.29) is 18.8 Å². The average Bonchev–Trinajstić information content (AvgIpc) is 3.19. The van der Waals surface area contributed by atoms with Crippen LogP contribution in [0.4, 0.5) is 5.69 Å². The van der Waals surface area contributed by atoms with Gasteiger partial charge in [-0.3, -0.25) is 0 Å². The van der Waals surface area contributed by atoms with Crippen molar-refractivity contribution in [3.63, 3.8) is 0 Å². The van der Waals surface area contributed by atoms with E-state index in [2.05, 4.69) is 0 Å². The van der Waals surface area contributed by atoms with Crippen LogP contribution in [0.5, 0.6) is 5.75 Å². The fraction of sp³-hybridized carbons (Fsp3) is 0.571. The highest BCUT2D eigenvalue weighted by Gasteiger charge is 2.34. The number of rotatable bonds is 6. The van der Waals surface area contributed by atoms with Crippen molar-refractivity contribution in [2.45, 2.75) is 25.0 Å². The summed E-state index contributed by atoms with van der Waals surface area (Å²) in [5, 5.41) is 9.40. The number of nitrogens with zero attached hydrogens (tertiary/aromatic N) is 1. The summed E-state index contributed by atoms with van der Waals surface area (Å²) in [5.74, 6) is 1.27. The number of ether oxygens (including phenoxy) is 1. The summed E-state index contributed by atoms with van der Waals surface area (Å²) in [6.07, 6.45) is 1.99. The molecular formula is C14H22N2O2. The molecule has 0 saturated heterocycles. The fourth-order valence-electron chi connectivity index (χ4n) is 2.03. The Morgan fingerprint density at radius 3 is 2.72 bits per heavy atom. The SMILES string of the molecule is CN(C)c1cccc(OC(CO)C(N)C2CC2)c1. The van der Waals surface area contributed by atoms with E-state index >= 15 is 0 Å². The predicted molar refractivity (Wildman–Crippen MR) is 73.0 cm³/mol. The van der Waals surface area contributed by atoms with Crippen molar-refractivity contribution < 1.29 is 9.84 Å². The zero-order chi connectivity index (χ0) is 13.1. The van der Waals surface area contributed by atoms with Crippen LogP contribution in [0.1, 0.15) is 12.8 Å². The lowest BCUT2D eigenvalue weighted by atomic mass is 10.1. The van der Waals surface area contributed by atoms with Crippen LogP contribution in [0, 0.1) is 5.92 Å². The fourth-order valence-corrected chi connectivity index (χ4v) is 2.03. The molecule has 0 amide bonds. The van der Waals surface area contributed by atoms with Gasteiger partial charge in [0.25, 0.3) is 0 Å². The summed E-state index contributed by atoms with van der Waals surface area (Å²) in [4.78, 5) is 2.02. The van der Waals surface area contributed by atoms with E-state index < -0.39 is 0 Å². The normalized spacial score (nSPS) is 18.2. The van der Waals surface area contributed by atoms with Crippen LogP contribution in [-0.4, -0.2) is 38.0 Å². The number of aliphatic hydroxyl groups is 1. The van der Waals surface area contributed by atoms with Gasteiger partial charge in [0, 0.05) is 31.9 Å². The van der Waals surface area contributed by atoms with Crippen LogP contribution in [0.25, 0.3) is 0 Å². The monoisotopic (exact) mass is 250 g/mol.